The first-order valence-electron chi connectivity index (χ1n) is 10.0. The number of aromatic nitrogens is 2. The lowest BCUT2D eigenvalue weighted by atomic mass is 9.94. The van der Waals surface area contributed by atoms with Crippen LogP contribution in [0.25, 0.3) is 10.1 Å². The summed E-state index contributed by atoms with van der Waals surface area (Å²) < 4.78 is 7.61. The van der Waals surface area contributed by atoms with Gasteiger partial charge in [-0.05, 0) is 72.4 Å². The van der Waals surface area contributed by atoms with Crippen LogP contribution in [0.2, 0.25) is 0 Å². The molecule has 31 heavy (non-hydrogen) atoms. The zero-order valence-electron chi connectivity index (χ0n) is 18.1. The molecule has 0 amide bonds. The molecule has 7 nitrogen and oxygen atoms in total. The van der Waals surface area contributed by atoms with E-state index in [4.69, 9.17) is 4.74 Å². The van der Waals surface area contributed by atoms with Gasteiger partial charge in [0.1, 0.15) is 12.7 Å². The zero-order valence-corrected chi connectivity index (χ0v) is 20.5. The maximum absolute atomic E-state index is 10.4. The Morgan fingerprint density at radius 2 is 2.10 bits per heavy atom. The molecule has 0 aliphatic carbocycles. The predicted molar refractivity (Wildman–Crippen MR) is 131 cm³/mol. The molecule has 0 saturated heterocycles. The lowest BCUT2D eigenvalue weighted by molar-refractivity contribution is 0.0962. The number of hydrogen-bond acceptors (Lipinski definition) is 8. The highest BCUT2D eigenvalue weighted by Gasteiger charge is 2.21. The number of hydrogen-bond donors (Lipinski definition) is 3. The van der Waals surface area contributed by atoms with E-state index in [1.807, 2.05) is 13.8 Å². The van der Waals surface area contributed by atoms with E-state index in [1.54, 1.807) is 17.5 Å². The first-order valence-corrected chi connectivity index (χ1v) is 11.7. The molecule has 1 unspecified atom stereocenters. The van der Waals surface area contributed by atoms with E-state index in [-0.39, 0.29) is 12.1 Å². The number of thiophene rings is 1. The molecule has 0 aliphatic heterocycles. The molecular weight excluding hydrogens is 478 g/mol. The van der Waals surface area contributed by atoms with Gasteiger partial charge in [-0.1, -0.05) is 18.2 Å². The smallest absolute Gasteiger partial charge is 0.246 e. The van der Waals surface area contributed by atoms with Gasteiger partial charge in [-0.25, -0.2) is 10.4 Å². The summed E-state index contributed by atoms with van der Waals surface area (Å²) in [7, 11) is 0. The summed E-state index contributed by atoms with van der Waals surface area (Å²) in [5.74, 6) is 0.681. The molecule has 0 spiro atoms. The van der Waals surface area contributed by atoms with Crippen molar-refractivity contribution in [2.45, 2.75) is 45.8 Å². The standard InChI is InChI=1S/C22H28BrN5O2S/c1-14(2)27-28-21-24-11-18(23)20(26-21)30-12-16(29)10-25-22(3,4)9-15-13-31-19-8-6-5-7-17(15)19/h5-8,11,13,16,25,29H,9-10,12H2,1-4H3,(H,24,26,28). The van der Waals surface area contributed by atoms with Crippen LogP contribution in [0.5, 0.6) is 5.88 Å². The van der Waals surface area contributed by atoms with Crippen molar-refractivity contribution in [2.24, 2.45) is 5.10 Å². The number of nitrogens with zero attached hydrogens (tertiary/aromatic N) is 3. The van der Waals surface area contributed by atoms with Crippen molar-refractivity contribution >= 4 is 49.0 Å². The Morgan fingerprint density at radius 3 is 2.87 bits per heavy atom. The van der Waals surface area contributed by atoms with Crippen LogP contribution in [-0.2, 0) is 6.42 Å². The minimum Gasteiger partial charge on any atom is -0.474 e. The Kier molecular flexibility index (Phi) is 7.99. The predicted octanol–water partition coefficient (Wildman–Crippen LogP) is 4.61. The first-order chi connectivity index (χ1) is 14.7. The molecule has 2 heterocycles. The molecular formula is C22H28BrN5O2S. The first kappa shape index (κ1) is 23.6. The average Bonchev–Trinajstić information content (AvgIpc) is 3.13. The van der Waals surface area contributed by atoms with Crippen LogP contribution < -0.4 is 15.5 Å². The Bertz CT molecular complexity index is 1050. The summed E-state index contributed by atoms with van der Waals surface area (Å²) in [5.41, 5.74) is 4.77. The number of benzene rings is 1. The van der Waals surface area contributed by atoms with Crippen molar-refractivity contribution in [1.82, 2.24) is 15.3 Å². The molecule has 3 N–H and O–H groups in total. The zero-order chi connectivity index (χ0) is 22.4. The van der Waals surface area contributed by atoms with E-state index in [9.17, 15) is 5.11 Å². The Balaban J connectivity index is 1.52. The SMILES string of the molecule is CC(C)=NNc1ncc(Br)c(OCC(O)CNC(C)(C)Cc2csc3ccccc23)n1. The van der Waals surface area contributed by atoms with Crippen LogP contribution in [0.1, 0.15) is 33.3 Å². The third-order valence-corrected chi connectivity index (χ3v) is 6.07. The van der Waals surface area contributed by atoms with Crippen LogP contribution in [0.4, 0.5) is 5.95 Å². The van der Waals surface area contributed by atoms with Gasteiger partial charge in [0.25, 0.3) is 0 Å². The number of ether oxygens (including phenoxy) is 1. The molecule has 0 aliphatic rings. The number of aliphatic hydroxyl groups excluding tert-OH is 1. The van der Waals surface area contributed by atoms with Gasteiger partial charge in [-0.3, -0.25) is 0 Å². The van der Waals surface area contributed by atoms with Crippen molar-refractivity contribution in [3.8, 4) is 5.88 Å². The fraction of sp³-hybridized carbons (Fsp3) is 0.409. The van der Waals surface area contributed by atoms with Gasteiger partial charge in [0, 0.05) is 22.5 Å². The number of rotatable bonds is 10. The average molecular weight is 506 g/mol. The maximum Gasteiger partial charge on any atom is 0.246 e. The van der Waals surface area contributed by atoms with E-state index >= 15 is 0 Å². The van der Waals surface area contributed by atoms with E-state index in [0.717, 1.165) is 12.1 Å². The molecule has 1 atom stereocenters. The van der Waals surface area contributed by atoms with Gasteiger partial charge in [-0.2, -0.15) is 10.1 Å². The highest BCUT2D eigenvalue weighted by Crippen LogP contribution is 2.28. The van der Waals surface area contributed by atoms with E-state index < -0.39 is 6.10 Å². The normalized spacial score (nSPS) is 12.6. The second-order valence-electron chi connectivity index (χ2n) is 8.18. The molecule has 3 rings (SSSR count). The van der Waals surface area contributed by atoms with Crippen LogP contribution >= 0.6 is 27.3 Å². The third-order valence-electron chi connectivity index (χ3n) is 4.51. The van der Waals surface area contributed by atoms with Crippen molar-refractivity contribution in [3.63, 3.8) is 0 Å². The van der Waals surface area contributed by atoms with Crippen molar-refractivity contribution < 1.29 is 9.84 Å². The number of β-amino-alcohol motifs (C(OH)–C–C–N with tert-alkyl or cyclic N) is 1. The highest BCUT2D eigenvalue weighted by molar-refractivity contribution is 9.10. The summed E-state index contributed by atoms with van der Waals surface area (Å²) in [6.45, 7) is 8.53. The number of hydrazone groups is 1. The number of halogens is 1. The Hall–Kier alpha value is -2.07. The molecule has 0 radical (unpaired) electrons. The van der Waals surface area contributed by atoms with Gasteiger partial charge in [0.15, 0.2) is 0 Å². The molecule has 2 aromatic heterocycles. The Labute approximate surface area is 195 Å². The Morgan fingerprint density at radius 1 is 1.32 bits per heavy atom. The fourth-order valence-electron chi connectivity index (χ4n) is 3.00. The van der Waals surface area contributed by atoms with Gasteiger partial charge in [0.2, 0.25) is 11.8 Å². The van der Waals surface area contributed by atoms with Gasteiger partial charge in [0.05, 0.1) is 10.7 Å². The third kappa shape index (κ3) is 6.96. The van der Waals surface area contributed by atoms with Crippen molar-refractivity contribution in [3.05, 3.63) is 45.9 Å². The summed E-state index contributed by atoms with van der Waals surface area (Å²) in [4.78, 5) is 8.41. The largest absolute Gasteiger partial charge is 0.474 e. The minimum absolute atomic E-state index is 0.107. The second kappa shape index (κ2) is 10.5. The summed E-state index contributed by atoms with van der Waals surface area (Å²) in [5, 5.41) is 21.5. The molecule has 166 valence electrons. The summed E-state index contributed by atoms with van der Waals surface area (Å²) in [6.07, 6.45) is 1.77. The maximum atomic E-state index is 10.4. The summed E-state index contributed by atoms with van der Waals surface area (Å²) in [6, 6.07) is 8.44. The van der Waals surface area contributed by atoms with E-state index in [0.29, 0.717) is 22.8 Å². The topological polar surface area (TPSA) is 91.7 Å². The van der Waals surface area contributed by atoms with E-state index in [2.05, 4.69) is 85.2 Å². The lowest BCUT2D eigenvalue weighted by Gasteiger charge is -2.28. The van der Waals surface area contributed by atoms with Crippen molar-refractivity contribution in [1.29, 1.82) is 0 Å². The monoisotopic (exact) mass is 505 g/mol. The van der Waals surface area contributed by atoms with E-state index in [1.165, 1.54) is 15.6 Å². The van der Waals surface area contributed by atoms with Crippen LogP contribution in [0, 0.1) is 0 Å². The molecule has 0 bridgehead atoms. The molecule has 3 aromatic rings. The van der Waals surface area contributed by atoms with Crippen LogP contribution in [0.3, 0.4) is 0 Å². The molecule has 0 saturated carbocycles. The molecule has 0 fully saturated rings. The number of aliphatic hydroxyl groups is 1. The molecule has 9 heteroatoms. The van der Waals surface area contributed by atoms with Gasteiger partial charge in [-0.15, -0.1) is 11.3 Å². The van der Waals surface area contributed by atoms with Crippen molar-refractivity contribution in [2.75, 3.05) is 18.6 Å². The quantitative estimate of drug-likeness (QED) is 0.275. The van der Waals surface area contributed by atoms with Gasteiger partial charge >= 0.3 is 0 Å². The fourth-order valence-corrected chi connectivity index (χ4v) is 4.27. The number of nitrogens with one attached hydrogen (secondary N) is 2. The van der Waals surface area contributed by atoms with Crippen LogP contribution in [0.15, 0.2) is 45.4 Å². The minimum atomic E-state index is -0.687. The van der Waals surface area contributed by atoms with Crippen LogP contribution in [-0.4, -0.2) is 45.6 Å². The number of anilines is 1. The van der Waals surface area contributed by atoms with Gasteiger partial charge < -0.3 is 15.2 Å². The highest BCUT2D eigenvalue weighted by atomic mass is 79.9. The lowest BCUT2D eigenvalue weighted by Crippen LogP contribution is -2.46. The molecule has 1 aromatic carbocycles. The second-order valence-corrected chi connectivity index (χ2v) is 9.95. The summed E-state index contributed by atoms with van der Waals surface area (Å²) >= 11 is 5.14. The number of fused-ring (bicyclic) bond motifs is 1.